The molecule has 0 aromatic heterocycles. The molecular weight excluding hydrogens is 254 g/mol. The number of carboxylic acid groups (broad SMARTS) is 1. The van der Waals surface area contributed by atoms with Gasteiger partial charge in [-0.25, -0.2) is 0 Å². The van der Waals surface area contributed by atoms with Crippen LogP contribution in [0, 0.1) is 11.8 Å². The predicted molar refractivity (Wildman–Crippen MR) is 79.9 cm³/mol. The van der Waals surface area contributed by atoms with E-state index in [1.165, 1.54) is 5.56 Å². The van der Waals surface area contributed by atoms with Gasteiger partial charge in [0.05, 0.1) is 7.11 Å². The first-order valence-corrected chi connectivity index (χ1v) is 7.10. The standard InChI is InChI=1S/C16H25NO3/c1-12(9-14(11-17)10-16(18)19)3-4-13-5-7-15(20-2)8-6-13/h5-8,12,14H,3-4,9-11,17H2,1-2H3,(H,18,19)/t12?,14-/m0/s1. The highest BCUT2D eigenvalue weighted by Crippen LogP contribution is 2.20. The summed E-state index contributed by atoms with van der Waals surface area (Å²) in [6.45, 7) is 2.60. The maximum absolute atomic E-state index is 10.7. The van der Waals surface area contributed by atoms with Gasteiger partial charge >= 0.3 is 5.97 Å². The van der Waals surface area contributed by atoms with Crippen molar-refractivity contribution in [1.29, 1.82) is 0 Å². The molecule has 4 heteroatoms. The second-order valence-electron chi connectivity index (χ2n) is 5.43. The molecule has 0 heterocycles. The molecule has 112 valence electrons. The molecule has 0 spiro atoms. The lowest BCUT2D eigenvalue weighted by atomic mass is 9.89. The Morgan fingerprint density at radius 2 is 2.00 bits per heavy atom. The van der Waals surface area contributed by atoms with Crippen LogP contribution >= 0.6 is 0 Å². The highest BCUT2D eigenvalue weighted by molar-refractivity contribution is 5.67. The second kappa shape index (κ2) is 8.59. The number of carbonyl (C=O) groups is 1. The van der Waals surface area contributed by atoms with Gasteiger partial charge in [-0.1, -0.05) is 19.1 Å². The molecule has 20 heavy (non-hydrogen) atoms. The predicted octanol–water partition coefficient (Wildman–Crippen LogP) is 2.70. The minimum Gasteiger partial charge on any atom is -0.497 e. The highest BCUT2D eigenvalue weighted by atomic mass is 16.5. The van der Waals surface area contributed by atoms with Gasteiger partial charge in [0.25, 0.3) is 0 Å². The number of aryl methyl sites for hydroxylation is 1. The van der Waals surface area contributed by atoms with Gasteiger partial charge in [-0.15, -0.1) is 0 Å². The molecule has 0 saturated carbocycles. The highest BCUT2D eigenvalue weighted by Gasteiger charge is 2.15. The van der Waals surface area contributed by atoms with Gasteiger partial charge in [0.15, 0.2) is 0 Å². The fourth-order valence-electron chi connectivity index (χ4n) is 2.40. The summed E-state index contributed by atoms with van der Waals surface area (Å²) >= 11 is 0. The van der Waals surface area contributed by atoms with Crippen LogP contribution in [0.1, 0.15) is 31.7 Å². The molecule has 0 bridgehead atoms. The molecule has 0 amide bonds. The van der Waals surface area contributed by atoms with E-state index in [0.717, 1.165) is 25.0 Å². The van der Waals surface area contributed by atoms with E-state index >= 15 is 0 Å². The third-order valence-electron chi connectivity index (χ3n) is 3.62. The molecule has 1 rings (SSSR count). The summed E-state index contributed by atoms with van der Waals surface area (Å²) in [6, 6.07) is 8.08. The number of carboxylic acids is 1. The largest absolute Gasteiger partial charge is 0.497 e. The number of benzene rings is 1. The minimum absolute atomic E-state index is 0.0818. The summed E-state index contributed by atoms with van der Waals surface area (Å²) in [5, 5.41) is 8.82. The Balaban J connectivity index is 2.37. The van der Waals surface area contributed by atoms with E-state index in [2.05, 4.69) is 19.1 Å². The topological polar surface area (TPSA) is 72.5 Å². The molecule has 4 nitrogen and oxygen atoms in total. The molecule has 0 fully saturated rings. The molecule has 1 aromatic carbocycles. The van der Waals surface area contributed by atoms with Crippen molar-refractivity contribution in [2.24, 2.45) is 17.6 Å². The van der Waals surface area contributed by atoms with Crippen molar-refractivity contribution >= 4 is 5.97 Å². The van der Waals surface area contributed by atoms with E-state index in [9.17, 15) is 4.79 Å². The third kappa shape index (κ3) is 6.06. The van der Waals surface area contributed by atoms with Crippen molar-refractivity contribution in [2.75, 3.05) is 13.7 Å². The normalized spacial score (nSPS) is 13.8. The molecule has 3 N–H and O–H groups in total. The van der Waals surface area contributed by atoms with Crippen LogP contribution < -0.4 is 10.5 Å². The van der Waals surface area contributed by atoms with Crippen LogP contribution in [0.15, 0.2) is 24.3 Å². The molecular formula is C16H25NO3. The number of ether oxygens (including phenoxy) is 1. The van der Waals surface area contributed by atoms with Crippen molar-refractivity contribution in [3.8, 4) is 5.75 Å². The molecule has 0 saturated heterocycles. The van der Waals surface area contributed by atoms with Crippen LogP contribution in [0.3, 0.4) is 0 Å². The number of hydrogen-bond donors (Lipinski definition) is 2. The Hall–Kier alpha value is -1.55. The van der Waals surface area contributed by atoms with Crippen LogP contribution in [0.25, 0.3) is 0 Å². The number of rotatable bonds is 9. The van der Waals surface area contributed by atoms with Crippen molar-refractivity contribution < 1.29 is 14.6 Å². The first kappa shape index (κ1) is 16.5. The van der Waals surface area contributed by atoms with Crippen LogP contribution in [0.5, 0.6) is 5.75 Å². The summed E-state index contributed by atoms with van der Waals surface area (Å²) in [7, 11) is 1.66. The Kier molecular flexibility index (Phi) is 7.09. The van der Waals surface area contributed by atoms with Crippen molar-refractivity contribution in [1.82, 2.24) is 0 Å². The molecule has 0 radical (unpaired) electrons. The lowest BCUT2D eigenvalue weighted by Crippen LogP contribution is -2.20. The lowest BCUT2D eigenvalue weighted by Gasteiger charge is -2.18. The molecule has 0 aliphatic rings. The summed E-state index contributed by atoms with van der Waals surface area (Å²) < 4.78 is 5.13. The number of aliphatic carboxylic acids is 1. The zero-order valence-electron chi connectivity index (χ0n) is 12.3. The van der Waals surface area contributed by atoms with Gasteiger partial charge in [0.2, 0.25) is 0 Å². The summed E-state index contributed by atoms with van der Waals surface area (Å²) in [5.74, 6) is 0.664. The summed E-state index contributed by atoms with van der Waals surface area (Å²) in [6.07, 6.45) is 3.08. The SMILES string of the molecule is COc1ccc(CCC(C)C[C@H](CN)CC(=O)O)cc1. The van der Waals surface area contributed by atoms with E-state index in [4.69, 9.17) is 15.6 Å². The number of hydrogen-bond acceptors (Lipinski definition) is 3. The maximum atomic E-state index is 10.7. The Morgan fingerprint density at radius 3 is 2.50 bits per heavy atom. The van der Waals surface area contributed by atoms with Gasteiger partial charge in [-0.05, 0) is 55.3 Å². The van der Waals surface area contributed by atoms with Crippen molar-refractivity contribution in [2.45, 2.75) is 32.6 Å². The monoisotopic (exact) mass is 279 g/mol. The molecule has 1 aromatic rings. The lowest BCUT2D eigenvalue weighted by molar-refractivity contribution is -0.138. The summed E-state index contributed by atoms with van der Waals surface area (Å²) in [4.78, 5) is 10.7. The van der Waals surface area contributed by atoms with Crippen LogP contribution in [-0.2, 0) is 11.2 Å². The van der Waals surface area contributed by atoms with Gasteiger partial charge in [0.1, 0.15) is 5.75 Å². The van der Waals surface area contributed by atoms with Crippen molar-refractivity contribution in [3.05, 3.63) is 29.8 Å². The van der Waals surface area contributed by atoms with E-state index in [0.29, 0.717) is 12.5 Å². The van der Waals surface area contributed by atoms with E-state index in [1.807, 2.05) is 12.1 Å². The smallest absolute Gasteiger partial charge is 0.303 e. The second-order valence-corrected chi connectivity index (χ2v) is 5.43. The first-order valence-electron chi connectivity index (χ1n) is 7.10. The van der Waals surface area contributed by atoms with Gasteiger partial charge in [-0.3, -0.25) is 4.79 Å². The van der Waals surface area contributed by atoms with Crippen molar-refractivity contribution in [3.63, 3.8) is 0 Å². The van der Waals surface area contributed by atoms with Crippen LogP contribution in [0.4, 0.5) is 0 Å². The fraction of sp³-hybridized carbons (Fsp3) is 0.562. The molecule has 1 unspecified atom stereocenters. The molecule has 2 atom stereocenters. The molecule has 0 aliphatic carbocycles. The van der Waals surface area contributed by atoms with E-state index in [1.54, 1.807) is 7.11 Å². The van der Waals surface area contributed by atoms with E-state index < -0.39 is 5.97 Å². The Morgan fingerprint density at radius 1 is 1.35 bits per heavy atom. The fourth-order valence-corrected chi connectivity index (χ4v) is 2.40. The quantitative estimate of drug-likeness (QED) is 0.729. The zero-order valence-corrected chi connectivity index (χ0v) is 12.3. The van der Waals surface area contributed by atoms with Crippen LogP contribution in [0.2, 0.25) is 0 Å². The van der Waals surface area contributed by atoms with Gasteiger partial charge < -0.3 is 15.6 Å². The third-order valence-corrected chi connectivity index (χ3v) is 3.62. The zero-order chi connectivity index (χ0) is 15.0. The Labute approximate surface area is 120 Å². The average molecular weight is 279 g/mol. The number of nitrogens with two attached hydrogens (primary N) is 1. The summed E-state index contributed by atoms with van der Waals surface area (Å²) in [5.41, 5.74) is 6.91. The van der Waals surface area contributed by atoms with Gasteiger partial charge in [0, 0.05) is 6.42 Å². The van der Waals surface area contributed by atoms with Gasteiger partial charge in [-0.2, -0.15) is 0 Å². The number of methoxy groups -OCH3 is 1. The minimum atomic E-state index is -0.761. The molecule has 0 aliphatic heterocycles. The maximum Gasteiger partial charge on any atom is 0.303 e. The first-order chi connectivity index (χ1) is 9.55. The average Bonchev–Trinajstić information content (AvgIpc) is 2.44. The van der Waals surface area contributed by atoms with Crippen LogP contribution in [-0.4, -0.2) is 24.7 Å². The Bertz CT molecular complexity index is 403. The van der Waals surface area contributed by atoms with E-state index in [-0.39, 0.29) is 12.3 Å².